The zero-order valence-corrected chi connectivity index (χ0v) is 20.4. The Morgan fingerprint density at radius 1 is 0.351 bits per heavy atom. The first-order chi connectivity index (χ1) is 18.3. The van der Waals surface area contributed by atoms with Gasteiger partial charge in [0, 0.05) is 0 Å². The molecule has 0 spiro atoms. The first kappa shape index (κ1) is 26.0. The van der Waals surface area contributed by atoms with Crippen LogP contribution >= 0.6 is 0 Å². The topological polar surface area (TPSA) is 64.6 Å². The van der Waals surface area contributed by atoms with E-state index in [1.807, 2.05) is 121 Å². The van der Waals surface area contributed by atoms with E-state index in [1.54, 1.807) is 0 Å². The van der Waals surface area contributed by atoms with E-state index in [1.165, 1.54) is 0 Å². The van der Waals surface area contributed by atoms with Crippen molar-refractivity contribution in [2.24, 2.45) is 0 Å². The third-order valence-electron chi connectivity index (χ3n) is 4.87. The summed E-state index contributed by atoms with van der Waals surface area (Å²) in [5, 5.41) is 0. The van der Waals surface area contributed by atoms with Gasteiger partial charge in [0.1, 0.15) is 23.0 Å². The van der Waals surface area contributed by atoms with Crippen molar-refractivity contribution in [3.63, 3.8) is 0 Å². The number of hydrogen-bond acceptors (Lipinski definition) is 7. The lowest BCUT2D eigenvalue weighted by Crippen LogP contribution is -2.30. The lowest BCUT2D eigenvalue weighted by Gasteiger charge is -2.21. The molecular formula is C30H30O7. The van der Waals surface area contributed by atoms with Crippen LogP contribution in [0.15, 0.2) is 121 Å². The highest BCUT2D eigenvalue weighted by molar-refractivity contribution is 5.24. The van der Waals surface area contributed by atoms with Crippen molar-refractivity contribution >= 4 is 0 Å². The highest BCUT2D eigenvalue weighted by atomic mass is 16.9. The number of hydrogen-bond donors (Lipinski definition) is 0. The summed E-state index contributed by atoms with van der Waals surface area (Å²) >= 11 is 0. The Bertz CT molecular complexity index is 938. The van der Waals surface area contributed by atoms with Gasteiger partial charge in [0.15, 0.2) is 0 Å². The maximum atomic E-state index is 5.83. The van der Waals surface area contributed by atoms with Crippen molar-refractivity contribution < 1.29 is 33.2 Å². The van der Waals surface area contributed by atoms with E-state index >= 15 is 0 Å². The van der Waals surface area contributed by atoms with Gasteiger partial charge in [-0.15, -0.1) is 0 Å². The Kier molecular flexibility index (Phi) is 10.7. The van der Waals surface area contributed by atoms with Gasteiger partial charge in [-0.2, -0.15) is 0 Å². The first-order valence-corrected chi connectivity index (χ1v) is 12.0. The summed E-state index contributed by atoms with van der Waals surface area (Å²) in [7, 11) is 0. The second-order valence-electron chi connectivity index (χ2n) is 7.65. The maximum Gasteiger partial charge on any atom is 0.360 e. The zero-order chi connectivity index (χ0) is 25.4. The van der Waals surface area contributed by atoms with E-state index in [4.69, 9.17) is 33.2 Å². The van der Waals surface area contributed by atoms with E-state index in [9.17, 15) is 0 Å². The summed E-state index contributed by atoms with van der Waals surface area (Å²) < 4.78 is 40.5. The van der Waals surface area contributed by atoms with Gasteiger partial charge in [-0.25, -0.2) is 0 Å². The van der Waals surface area contributed by atoms with Crippen molar-refractivity contribution in [3.05, 3.63) is 121 Å². The molecule has 0 saturated carbocycles. The molecule has 4 rings (SSSR count). The average molecular weight is 503 g/mol. The van der Waals surface area contributed by atoms with Crippen molar-refractivity contribution in [3.8, 4) is 23.0 Å². The van der Waals surface area contributed by atoms with Gasteiger partial charge in [-0.3, -0.25) is 0 Å². The molecule has 0 aliphatic carbocycles. The Morgan fingerprint density at radius 2 is 0.622 bits per heavy atom. The molecule has 0 N–H and O–H groups in total. The van der Waals surface area contributed by atoms with Crippen LogP contribution in [0.25, 0.3) is 0 Å². The molecule has 0 atom stereocenters. The Morgan fingerprint density at radius 3 is 0.892 bits per heavy atom. The lowest BCUT2D eigenvalue weighted by atomic mass is 10.3. The molecule has 0 fully saturated rings. The van der Waals surface area contributed by atoms with E-state index < -0.39 is 13.0 Å². The van der Waals surface area contributed by atoms with Gasteiger partial charge in [0.2, 0.25) is 0 Å². The fraction of sp³-hybridized carbons (Fsp3) is 0.200. The summed E-state index contributed by atoms with van der Waals surface area (Å²) in [5.74, 6) is 2.56. The quantitative estimate of drug-likeness (QED) is 0.139. The lowest BCUT2D eigenvalue weighted by molar-refractivity contribution is -0.213. The minimum atomic E-state index is -0.924. The first-order valence-electron chi connectivity index (χ1n) is 12.0. The molecule has 192 valence electrons. The number of para-hydroxylation sites is 4. The SMILES string of the molecule is c1ccc(OC(OCCOCCOC(Oc2ccccc2)Oc2ccccc2)Oc2ccccc2)cc1. The molecule has 4 aromatic rings. The average Bonchev–Trinajstić information content (AvgIpc) is 2.94. The van der Waals surface area contributed by atoms with Gasteiger partial charge in [0.25, 0.3) is 0 Å². The van der Waals surface area contributed by atoms with Crippen LogP contribution in [0.2, 0.25) is 0 Å². The fourth-order valence-corrected chi connectivity index (χ4v) is 3.13. The number of benzene rings is 4. The summed E-state index contributed by atoms with van der Waals surface area (Å²) in [6.07, 6.45) is 0. The van der Waals surface area contributed by atoms with Crippen LogP contribution < -0.4 is 18.9 Å². The third-order valence-corrected chi connectivity index (χ3v) is 4.87. The van der Waals surface area contributed by atoms with Crippen molar-refractivity contribution in [2.75, 3.05) is 26.4 Å². The molecule has 7 nitrogen and oxygen atoms in total. The molecule has 37 heavy (non-hydrogen) atoms. The predicted octanol–water partition coefficient (Wildman–Crippen LogP) is 5.92. The van der Waals surface area contributed by atoms with Crippen molar-refractivity contribution in [1.29, 1.82) is 0 Å². The van der Waals surface area contributed by atoms with Crippen LogP contribution in [0.4, 0.5) is 0 Å². The van der Waals surface area contributed by atoms with Gasteiger partial charge in [-0.05, 0) is 48.5 Å². The van der Waals surface area contributed by atoms with Crippen LogP contribution in [0.1, 0.15) is 0 Å². The van der Waals surface area contributed by atoms with E-state index in [-0.39, 0.29) is 13.2 Å². The highest BCUT2D eigenvalue weighted by Gasteiger charge is 2.15. The molecule has 0 unspecified atom stereocenters. The molecule has 0 aliphatic heterocycles. The highest BCUT2D eigenvalue weighted by Crippen LogP contribution is 2.18. The largest absolute Gasteiger partial charge is 0.432 e. The van der Waals surface area contributed by atoms with Crippen molar-refractivity contribution in [1.82, 2.24) is 0 Å². The van der Waals surface area contributed by atoms with Gasteiger partial charge >= 0.3 is 13.0 Å². The summed E-state index contributed by atoms with van der Waals surface area (Å²) in [6, 6.07) is 37.4. The number of rotatable bonds is 16. The fourth-order valence-electron chi connectivity index (χ4n) is 3.13. The molecule has 0 radical (unpaired) electrons. The normalized spacial score (nSPS) is 10.9. The number of ether oxygens (including phenoxy) is 7. The Hall–Kier alpha value is -4.04. The molecule has 7 heteroatoms. The van der Waals surface area contributed by atoms with E-state index in [0.29, 0.717) is 36.2 Å². The monoisotopic (exact) mass is 502 g/mol. The Balaban J connectivity index is 1.20. The van der Waals surface area contributed by atoms with Crippen LogP contribution in [-0.2, 0) is 14.2 Å². The van der Waals surface area contributed by atoms with E-state index in [2.05, 4.69) is 0 Å². The molecule has 0 bridgehead atoms. The molecular weight excluding hydrogens is 472 g/mol. The maximum absolute atomic E-state index is 5.83. The third kappa shape index (κ3) is 9.85. The molecule has 4 aromatic carbocycles. The minimum absolute atomic E-state index is 0.259. The summed E-state index contributed by atoms with van der Waals surface area (Å²) in [5.41, 5.74) is 0. The van der Waals surface area contributed by atoms with Crippen LogP contribution in [0, 0.1) is 0 Å². The summed E-state index contributed by atoms with van der Waals surface area (Å²) in [6.45, 7) is -0.691. The van der Waals surface area contributed by atoms with Crippen LogP contribution in [0.3, 0.4) is 0 Å². The molecule has 0 amide bonds. The second kappa shape index (κ2) is 15.2. The van der Waals surface area contributed by atoms with Crippen LogP contribution in [-0.4, -0.2) is 39.4 Å². The van der Waals surface area contributed by atoms with Gasteiger partial charge in [-0.1, -0.05) is 72.8 Å². The zero-order valence-electron chi connectivity index (χ0n) is 20.4. The van der Waals surface area contributed by atoms with Crippen LogP contribution in [0.5, 0.6) is 23.0 Å². The summed E-state index contributed by atoms with van der Waals surface area (Å²) in [4.78, 5) is 0. The smallest absolute Gasteiger partial charge is 0.360 e. The predicted molar refractivity (Wildman–Crippen MR) is 139 cm³/mol. The van der Waals surface area contributed by atoms with Crippen molar-refractivity contribution in [2.45, 2.75) is 13.0 Å². The molecule has 0 saturated heterocycles. The molecule has 0 aromatic heterocycles. The second-order valence-corrected chi connectivity index (χ2v) is 7.65. The van der Waals surface area contributed by atoms with Gasteiger partial charge in [0.05, 0.1) is 26.4 Å². The molecule has 0 aliphatic rings. The minimum Gasteiger partial charge on any atom is -0.432 e. The molecule has 0 heterocycles. The van der Waals surface area contributed by atoms with E-state index in [0.717, 1.165) is 0 Å². The Labute approximate surface area is 217 Å². The standard InChI is InChI=1S/C30H30O7/c1-5-13-25(14-6-1)34-29(35-26-15-7-2-8-16-26)32-23-21-31-22-24-33-30(36-27-17-9-3-10-18-27)37-28-19-11-4-12-20-28/h1-20,29-30H,21-24H2. The van der Waals surface area contributed by atoms with Gasteiger partial charge < -0.3 is 33.2 Å².